The summed E-state index contributed by atoms with van der Waals surface area (Å²) in [4.78, 5) is 26.1. The van der Waals surface area contributed by atoms with Gasteiger partial charge in [-0.3, -0.25) is 9.59 Å². The number of aliphatic hydroxyl groups excluding tert-OH is 2. The van der Waals surface area contributed by atoms with Crippen molar-refractivity contribution in [3.8, 4) is 0 Å². The quantitative estimate of drug-likeness (QED) is 0.0246. The summed E-state index contributed by atoms with van der Waals surface area (Å²) >= 11 is 0. The Morgan fingerprint density at radius 3 is 1.46 bits per heavy atom. The molecule has 0 bridgehead atoms. The minimum Gasteiger partial charge on any atom is -0.462 e. The van der Waals surface area contributed by atoms with Crippen molar-refractivity contribution < 1.29 is 24.5 Å². The first kappa shape index (κ1) is 56.6. The molecule has 0 saturated carbocycles. The highest BCUT2D eigenvalue weighted by Gasteiger charge is 2.24. The molecule has 342 valence electrons. The molecule has 0 aliphatic heterocycles. The lowest BCUT2D eigenvalue weighted by atomic mass is 10.0. The molecule has 0 aromatic carbocycles. The Labute approximate surface area is 365 Å². The fourth-order valence-electron chi connectivity index (χ4n) is 7.38. The number of nitrogens with one attached hydrogen (secondary N) is 1. The van der Waals surface area contributed by atoms with E-state index in [1.54, 1.807) is 0 Å². The number of rotatable bonds is 44. The van der Waals surface area contributed by atoms with Crippen LogP contribution in [0.1, 0.15) is 239 Å². The summed E-state index contributed by atoms with van der Waals surface area (Å²) < 4.78 is 5.91. The van der Waals surface area contributed by atoms with Crippen LogP contribution in [0.2, 0.25) is 0 Å². The highest BCUT2D eigenvalue weighted by Crippen LogP contribution is 2.17. The average molecular weight is 826 g/mol. The summed E-state index contributed by atoms with van der Waals surface area (Å²) in [6, 6.07) is -0.711. The van der Waals surface area contributed by atoms with Crippen molar-refractivity contribution in [3.63, 3.8) is 0 Å². The predicted molar refractivity (Wildman–Crippen MR) is 255 cm³/mol. The number of hydrogen-bond donors (Lipinski definition) is 3. The number of amides is 1. The van der Waals surface area contributed by atoms with Gasteiger partial charge in [-0.25, -0.2) is 0 Å². The van der Waals surface area contributed by atoms with Crippen LogP contribution in [0.5, 0.6) is 0 Å². The minimum absolute atomic E-state index is 0.0562. The van der Waals surface area contributed by atoms with Crippen molar-refractivity contribution in [1.82, 2.24) is 5.32 Å². The first-order valence-electron chi connectivity index (χ1n) is 25.1. The van der Waals surface area contributed by atoms with Crippen LogP contribution in [-0.2, 0) is 14.3 Å². The van der Waals surface area contributed by atoms with Gasteiger partial charge in [0.25, 0.3) is 0 Å². The van der Waals surface area contributed by atoms with Gasteiger partial charge in [-0.15, -0.1) is 0 Å². The van der Waals surface area contributed by atoms with E-state index < -0.39 is 18.2 Å². The second-order valence-corrected chi connectivity index (χ2v) is 16.9. The first-order valence-corrected chi connectivity index (χ1v) is 25.1. The van der Waals surface area contributed by atoms with Gasteiger partial charge in [0, 0.05) is 6.42 Å². The van der Waals surface area contributed by atoms with Crippen molar-refractivity contribution in [3.05, 3.63) is 60.8 Å². The number of ether oxygens (including phenoxy) is 1. The molecule has 3 N–H and O–H groups in total. The van der Waals surface area contributed by atoms with E-state index in [1.807, 2.05) is 18.2 Å². The monoisotopic (exact) mass is 826 g/mol. The maximum atomic E-state index is 13.2. The van der Waals surface area contributed by atoms with Crippen molar-refractivity contribution in [2.45, 2.75) is 257 Å². The molecular weight excluding hydrogens is 731 g/mol. The third-order valence-electron chi connectivity index (χ3n) is 11.2. The number of carbonyl (C=O) groups excluding carboxylic acids is 2. The summed E-state index contributed by atoms with van der Waals surface area (Å²) in [6.07, 6.45) is 57.0. The molecule has 0 saturated heterocycles. The number of hydrogen-bond acceptors (Lipinski definition) is 5. The number of unbranched alkanes of at least 4 members (excludes halogenated alkanes) is 25. The van der Waals surface area contributed by atoms with Gasteiger partial charge in [0.2, 0.25) is 5.91 Å². The van der Waals surface area contributed by atoms with Crippen LogP contribution in [0.3, 0.4) is 0 Å². The molecule has 3 unspecified atom stereocenters. The Bertz CT molecular complexity index is 1060. The number of aliphatic hydroxyl groups is 2. The van der Waals surface area contributed by atoms with Gasteiger partial charge in [-0.05, 0) is 70.6 Å². The number of allylic oxidation sites excluding steroid dienone is 10. The van der Waals surface area contributed by atoms with Gasteiger partial charge in [0.05, 0.1) is 25.2 Å². The van der Waals surface area contributed by atoms with Gasteiger partial charge < -0.3 is 20.3 Å². The molecule has 0 fully saturated rings. The molecule has 1 amide bonds. The molecule has 0 aromatic rings. The molecule has 3 atom stereocenters. The zero-order valence-corrected chi connectivity index (χ0v) is 38.9. The van der Waals surface area contributed by atoms with Gasteiger partial charge >= 0.3 is 5.97 Å². The molecule has 0 aliphatic rings. The molecule has 0 aromatic heterocycles. The third kappa shape index (κ3) is 42.1. The number of carbonyl (C=O) groups is 2. The van der Waals surface area contributed by atoms with Gasteiger partial charge in [-0.2, -0.15) is 0 Å². The molecule has 0 radical (unpaired) electrons. The second-order valence-electron chi connectivity index (χ2n) is 16.9. The van der Waals surface area contributed by atoms with E-state index in [0.29, 0.717) is 19.3 Å². The van der Waals surface area contributed by atoms with E-state index in [1.165, 1.54) is 96.3 Å². The van der Waals surface area contributed by atoms with Crippen molar-refractivity contribution in [2.75, 3.05) is 6.61 Å². The van der Waals surface area contributed by atoms with Crippen LogP contribution in [0, 0.1) is 0 Å². The largest absolute Gasteiger partial charge is 0.462 e. The van der Waals surface area contributed by atoms with Crippen LogP contribution in [0.25, 0.3) is 0 Å². The van der Waals surface area contributed by atoms with E-state index in [9.17, 15) is 19.8 Å². The van der Waals surface area contributed by atoms with Crippen molar-refractivity contribution in [2.24, 2.45) is 0 Å². The number of esters is 1. The van der Waals surface area contributed by atoms with Crippen LogP contribution >= 0.6 is 0 Å². The molecular formula is C53H95NO5. The summed E-state index contributed by atoms with van der Waals surface area (Å²) in [7, 11) is 0. The van der Waals surface area contributed by atoms with Gasteiger partial charge in [0.1, 0.15) is 6.10 Å². The predicted octanol–water partition coefficient (Wildman–Crippen LogP) is 14.8. The third-order valence-corrected chi connectivity index (χ3v) is 11.2. The molecule has 6 heteroatoms. The van der Waals surface area contributed by atoms with Crippen LogP contribution in [-0.4, -0.2) is 46.9 Å². The summed E-state index contributed by atoms with van der Waals surface area (Å²) in [5.74, 6) is -0.515. The van der Waals surface area contributed by atoms with Gasteiger partial charge in [-0.1, -0.05) is 216 Å². The topological polar surface area (TPSA) is 95.9 Å². The fraction of sp³-hybridized carbons (Fsp3) is 0.774. The zero-order valence-electron chi connectivity index (χ0n) is 38.9. The van der Waals surface area contributed by atoms with E-state index in [-0.39, 0.29) is 24.9 Å². The highest BCUT2D eigenvalue weighted by molar-refractivity contribution is 5.77. The minimum atomic E-state index is -0.796. The highest BCUT2D eigenvalue weighted by atomic mass is 16.5. The Morgan fingerprint density at radius 1 is 0.508 bits per heavy atom. The van der Waals surface area contributed by atoms with Crippen LogP contribution < -0.4 is 5.32 Å². The van der Waals surface area contributed by atoms with E-state index >= 15 is 0 Å². The Hall–Kier alpha value is -2.44. The lowest BCUT2D eigenvalue weighted by Crippen LogP contribution is -2.46. The van der Waals surface area contributed by atoms with Crippen LogP contribution in [0.4, 0.5) is 0 Å². The molecule has 0 spiro atoms. The van der Waals surface area contributed by atoms with E-state index in [2.05, 4.69) is 68.6 Å². The lowest BCUT2D eigenvalue weighted by Gasteiger charge is -2.24. The molecule has 0 aliphatic carbocycles. The second kappa shape index (κ2) is 46.6. The van der Waals surface area contributed by atoms with E-state index in [4.69, 9.17) is 4.74 Å². The lowest BCUT2D eigenvalue weighted by molar-refractivity contribution is -0.151. The average Bonchev–Trinajstić information content (AvgIpc) is 3.23. The SMILES string of the molecule is CC/C=C/C=C/C=C/C=C\CCCCCCCC(=O)OC(CCCCC/C=C/CCCCCCCCC)CC(=O)NC(CO)C(O)CCCCCCCCCCCCC. The van der Waals surface area contributed by atoms with Crippen molar-refractivity contribution >= 4 is 11.9 Å². The molecule has 59 heavy (non-hydrogen) atoms. The van der Waals surface area contributed by atoms with E-state index in [0.717, 1.165) is 96.3 Å². The maximum Gasteiger partial charge on any atom is 0.306 e. The fourth-order valence-corrected chi connectivity index (χ4v) is 7.38. The Balaban J connectivity index is 4.66. The smallest absolute Gasteiger partial charge is 0.306 e. The first-order chi connectivity index (χ1) is 29.0. The summed E-state index contributed by atoms with van der Waals surface area (Å²) in [5, 5.41) is 23.7. The maximum absolute atomic E-state index is 13.2. The standard InChI is InChI=1S/C53H95NO5/c1-4-7-10-13-16-19-22-24-26-28-31-34-37-40-43-46-53(58)59-49(44-41-38-35-32-30-27-25-23-20-17-14-11-8-5-2)47-52(57)54-50(48-55)51(56)45-42-39-36-33-29-21-18-15-12-9-6-3/h7,10,13,16,19,22,24,26-27,30,49-51,55-56H,4-6,8-9,11-12,14-15,17-18,20-21,23,25,28-29,31-48H2,1-3H3,(H,54,57)/b10-7+,16-13+,22-19+,26-24-,30-27+. The Morgan fingerprint density at radius 2 is 0.932 bits per heavy atom. The summed E-state index contributed by atoms with van der Waals surface area (Å²) in [5.41, 5.74) is 0. The Kier molecular flexibility index (Phi) is 44.7. The summed E-state index contributed by atoms with van der Waals surface area (Å²) in [6.45, 7) is 6.32. The van der Waals surface area contributed by atoms with Crippen molar-refractivity contribution in [1.29, 1.82) is 0 Å². The van der Waals surface area contributed by atoms with Gasteiger partial charge in [0.15, 0.2) is 0 Å². The molecule has 6 nitrogen and oxygen atoms in total. The molecule has 0 rings (SSSR count). The normalized spacial score (nSPS) is 13.8. The van der Waals surface area contributed by atoms with Crippen LogP contribution in [0.15, 0.2) is 60.8 Å². The molecule has 0 heterocycles. The zero-order chi connectivity index (χ0) is 43.1.